The van der Waals surface area contributed by atoms with Crippen molar-refractivity contribution in [3.8, 4) is 0 Å². The maximum Gasteiger partial charge on any atom is 0.233 e. The summed E-state index contributed by atoms with van der Waals surface area (Å²) in [4.78, 5) is 22.7. The minimum Gasteiger partial charge on any atom is -0.339 e. The second kappa shape index (κ2) is 8.81. The van der Waals surface area contributed by atoms with Gasteiger partial charge in [0.1, 0.15) is 5.82 Å². The molecule has 0 atom stereocenters. The third kappa shape index (κ3) is 5.33. The minimum atomic E-state index is 0.000517. The van der Waals surface area contributed by atoms with Crippen LogP contribution in [0.5, 0.6) is 0 Å². The quantitative estimate of drug-likeness (QED) is 0.690. The van der Waals surface area contributed by atoms with Crippen LogP contribution in [0, 0.1) is 5.92 Å². The Kier molecular flexibility index (Phi) is 6.77. The molecule has 2 aromatic heterocycles. The van der Waals surface area contributed by atoms with Gasteiger partial charge in [0.25, 0.3) is 0 Å². The Morgan fingerprint density at radius 2 is 2.12 bits per heavy atom. The van der Waals surface area contributed by atoms with Crippen LogP contribution in [0.15, 0.2) is 9.68 Å². The van der Waals surface area contributed by atoms with Crippen molar-refractivity contribution in [1.82, 2.24) is 30.2 Å². The van der Waals surface area contributed by atoms with Gasteiger partial charge in [-0.05, 0) is 12.8 Å². The molecule has 2 aromatic rings. The molecule has 0 aliphatic rings. The molecule has 0 radical (unpaired) electrons. The van der Waals surface area contributed by atoms with Gasteiger partial charge in [-0.3, -0.25) is 9.89 Å². The molecule has 1 N–H and O–H groups in total. The van der Waals surface area contributed by atoms with Crippen molar-refractivity contribution in [2.24, 2.45) is 5.92 Å². The number of aromatic amines is 1. The van der Waals surface area contributed by atoms with E-state index in [1.54, 1.807) is 4.90 Å². The molecule has 1 amide bonds. The normalized spacial score (nSPS) is 11.2. The molecule has 2 heterocycles. The SMILES string of the molecule is CCc1nc(SCC(=O)N(CC)Cc2noc(CC(C)C)n2)n[nH]1. The molecule has 8 nitrogen and oxygen atoms in total. The van der Waals surface area contributed by atoms with Crippen molar-refractivity contribution >= 4 is 17.7 Å². The highest BCUT2D eigenvalue weighted by Gasteiger charge is 2.17. The molecule has 24 heavy (non-hydrogen) atoms. The fourth-order valence-electron chi connectivity index (χ4n) is 2.05. The first-order chi connectivity index (χ1) is 11.5. The van der Waals surface area contributed by atoms with Gasteiger partial charge >= 0.3 is 0 Å². The van der Waals surface area contributed by atoms with E-state index in [0.717, 1.165) is 18.7 Å². The minimum absolute atomic E-state index is 0.000517. The van der Waals surface area contributed by atoms with Crippen LogP contribution in [0.2, 0.25) is 0 Å². The molecule has 0 aromatic carbocycles. The third-order valence-corrected chi connectivity index (χ3v) is 4.16. The van der Waals surface area contributed by atoms with Crippen LogP contribution >= 0.6 is 11.8 Å². The van der Waals surface area contributed by atoms with Gasteiger partial charge in [-0.15, -0.1) is 5.10 Å². The topological polar surface area (TPSA) is 101 Å². The number of rotatable bonds is 9. The molecule has 0 aliphatic carbocycles. The summed E-state index contributed by atoms with van der Waals surface area (Å²) in [5.41, 5.74) is 0. The summed E-state index contributed by atoms with van der Waals surface area (Å²) in [6.45, 7) is 9.05. The molecule has 0 saturated carbocycles. The number of thioether (sulfide) groups is 1. The van der Waals surface area contributed by atoms with Crippen molar-refractivity contribution in [2.45, 2.75) is 52.2 Å². The molecule has 2 rings (SSSR count). The lowest BCUT2D eigenvalue weighted by molar-refractivity contribution is -0.128. The highest BCUT2D eigenvalue weighted by Crippen LogP contribution is 2.14. The van der Waals surface area contributed by atoms with Crippen molar-refractivity contribution in [3.63, 3.8) is 0 Å². The Morgan fingerprint density at radius 1 is 1.33 bits per heavy atom. The number of nitrogens with one attached hydrogen (secondary N) is 1. The largest absolute Gasteiger partial charge is 0.339 e. The van der Waals surface area contributed by atoms with Crippen molar-refractivity contribution in [3.05, 3.63) is 17.5 Å². The highest BCUT2D eigenvalue weighted by molar-refractivity contribution is 7.99. The first kappa shape index (κ1) is 18.4. The Balaban J connectivity index is 1.87. The van der Waals surface area contributed by atoms with Crippen molar-refractivity contribution in [1.29, 1.82) is 0 Å². The molecular formula is C15H24N6O2S. The van der Waals surface area contributed by atoms with E-state index < -0.39 is 0 Å². The average Bonchev–Trinajstić information content (AvgIpc) is 3.18. The molecule has 0 spiro atoms. The van der Waals surface area contributed by atoms with Crippen LogP contribution in [0.25, 0.3) is 0 Å². The summed E-state index contributed by atoms with van der Waals surface area (Å²) in [6.07, 6.45) is 1.53. The van der Waals surface area contributed by atoms with E-state index >= 15 is 0 Å². The van der Waals surface area contributed by atoms with E-state index in [-0.39, 0.29) is 11.7 Å². The number of aryl methyl sites for hydroxylation is 1. The van der Waals surface area contributed by atoms with E-state index in [2.05, 4.69) is 39.2 Å². The molecule has 0 unspecified atom stereocenters. The molecular weight excluding hydrogens is 328 g/mol. The smallest absolute Gasteiger partial charge is 0.233 e. The lowest BCUT2D eigenvalue weighted by Gasteiger charge is -2.18. The van der Waals surface area contributed by atoms with Crippen molar-refractivity contribution < 1.29 is 9.32 Å². The zero-order valence-electron chi connectivity index (χ0n) is 14.6. The van der Waals surface area contributed by atoms with Crippen LogP contribution in [-0.2, 0) is 24.2 Å². The van der Waals surface area contributed by atoms with Crippen LogP contribution < -0.4 is 0 Å². The van der Waals surface area contributed by atoms with Crippen molar-refractivity contribution in [2.75, 3.05) is 12.3 Å². The van der Waals surface area contributed by atoms with Crippen LogP contribution in [0.3, 0.4) is 0 Å². The van der Waals surface area contributed by atoms with Gasteiger partial charge in [0.2, 0.25) is 17.0 Å². The fourth-order valence-corrected chi connectivity index (χ4v) is 2.77. The van der Waals surface area contributed by atoms with E-state index in [4.69, 9.17) is 4.52 Å². The molecule has 0 fully saturated rings. The standard InChI is InChI=1S/C15H24N6O2S/c1-5-11-17-15(19-18-11)24-9-14(22)21(6-2)8-12-16-13(23-20-12)7-10(3)4/h10H,5-9H2,1-4H3,(H,17,18,19). The zero-order valence-corrected chi connectivity index (χ0v) is 15.4. The predicted molar refractivity (Wildman–Crippen MR) is 90.4 cm³/mol. The summed E-state index contributed by atoms with van der Waals surface area (Å²) in [5, 5.41) is 11.5. The first-order valence-electron chi connectivity index (χ1n) is 8.15. The Bertz CT molecular complexity index is 654. The summed E-state index contributed by atoms with van der Waals surface area (Å²) in [6, 6.07) is 0. The summed E-state index contributed by atoms with van der Waals surface area (Å²) < 4.78 is 5.22. The second-order valence-electron chi connectivity index (χ2n) is 5.82. The number of hydrogen-bond donors (Lipinski definition) is 1. The summed E-state index contributed by atoms with van der Waals surface area (Å²) in [5.74, 6) is 2.71. The van der Waals surface area contributed by atoms with E-state index in [1.165, 1.54) is 11.8 Å². The number of amides is 1. The number of hydrogen-bond acceptors (Lipinski definition) is 7. The van der Waals surface area contributed by atoms with Crippen LogP contribution in [0.4, 0.5) is 0 Å². The summed E-state index contributed by atoms with van der Waals surface area (Å²) in [7, 11) is 0. The number of nitrogens with zero attached hydrogens (tertiary/aromatic N) is 5. The second-order valence-corrected chi connectivity index (χ2v) is 6.76. The molecule has 0 saturated heterocycles. The Morgan fingerprint density at radius 3 is 2.75 bits per heavy atom. The fraction of sp³-hybridized carbons (Fsp3) is 0.667. The van der Waals surface area contributed by atoms with Gasteiger partial charge in [-0.25, -0.2) is 4.98 Å². The summed E-state index contributed by atoms with van der Waals surface area (Å²) >= 11 is 1.32. The van der Waals surface area contributed by atoms with Crippen LogP contribution in [0.1, 0.15) is 45.2 Å². The van der Waals surface area contributed by atoms with Gasteiger partial charge < -0.3 is 9.42 Å². The maximum atomic E-state index is 12.4. The number of aromatic nitrogens is 5. The average molecular weight is 352 g/mol. The monoisotopic (exact) mass is 352 g/mol. The van der Waals surface area contributed by atoms with Gasteiger partial charge in [0.05, 0.1) is 12.3 Å². The van der Waals surface area contributed by atoms with E-state index in [0.29, 0.717) is 35.9 Å². The number of carbonyl (C=O) groups is 1. The van der Waals surface area contributed by atoms with E-state index in [9.17, 15) is 4.79 Å². The van der Waals surface area contributed by atoms with Gasteiger partial charge in [-0.2, -0.15) is 4.98 Å². The lowest BCUT2D eigenvalue weighted by Crippen LogP contribution is -2.32. The van der Waals surface area contributed by atoms with Gasteiger partial charge in [0, 0.05) is 19.4 Å². The first-order valence-corrected chi connectivity index (χ1v) is 9.13. The molecule has 0 bridgehead atoms. The van der Waals surface area contributed by atoms with Crippen LogP contribution in [-0.4, -0.2) is 48.4 Å². The van der Waals surface area contributed by atoms with Gasteiger partial charge in [-0.1, -0.05) is 37.7 Å². The maximum absolute atomic E-state index is 12.4. The Hall–Kier alpha value is -1.90. The highest BCUT2D eigenvalue weighted by atomic mass is 32.2. The van der Waals surface area contributed by atoms with Gasteiger partial charge in [0.15, 0.2) is 5.82 Å². The number of carbonyl (C=O) groups excluding carboxylic acids is 1. The Labute approximate surface area is 145 Å². The number of H-pyrrole nitrogens is 1. The molecule has 132 valence electrons. The predicted octanol–water partition coefficient (Wildman–Crippen LogP) is 2.09. The van der Waals surface area contributed by atoms with E-state index in [1.807, 2.05) is 13.8 Å². The molecule has 9 heteroatoms. The third-order valence-electron chi connectivity index (χ3n) is 3.33. The molecule has 0 aliphatic heterocycles. The lowest BCUT2D eigenvalue weighted by atomic mass is 10.1. The zero-order chi connectivity index (χ0) is 17.5.